The van der Waals surface area contributed by atoms with Crippen molar-refractivity contribution in [1.29, 1.82) is 0 Å². The molecule has 0 aliphatic rings. The van der Waals surface area contributed by atoms with Gasteiger partial charge in [-0.1, -0.05) is 0 Å². The molecular formula is C6H6F2N2O. The summed E-state index contributed by atoms with van der Waals surface area (Å²) < 4.78 is 24.3. The van der Waals surface area contributed by atoms with Crippen molar-refractivity contribution < 1.29 is 13.6 Å². The Morgan fingerprint density at radius 2 is 2.36 bits per heavy atom. The number of hydrogen-bond donors (Lipinski definition) is 0. The predicted octanol–water partition coefficient (Wildman–Crippen LogP) is 1.48. The van der Waals surface area contributed by atoms with Crippen LogP contribution in [0.2, 0.25) is 0 Å². The zero-order chi connectivity index (χ0) is 8.43. The summed E-state index contributed by atoms with van der Waals surface area (Å²) in [5.41, 5.74) is -0.0694. The van der Waals surface area contributed by atoms with Gasteiger partial charge in [0.1, 0.15) is 5.69 Å². The van der Waals surface area contributed by atoms with Crippen molar-refractivity contribution in [2.75, 3.05) is 0 Å². The second kappa shape index (κ2) is 2.77. The van der Waals surface area contributed by atoms with E-state index in [1.54, 1.807) is 0 Å². The Balaban J connectivity index is 3.06. The number of alkyl halides is 2. The first-order valence-corrected chi connectivity index (χ1v) is 2.95. The molecule has 0 unspecified atom stereocenters. The molecule has 0 spiro atoms. The van der Waals surface area contributed by atoms with Crippen LogP contribution in [-0.4, -0.2) is 15.6 Å². The van der Waals surface area contributed by atoms with Gasteiger partial charge in [0.2, 0.25) is 0 Å². The van der Waals surface area contributed by atoms with Gasteiger partial charge in [0.15, 0.2) is 5.78 Å². The largest absolute Gasteiger partial charge is 0.333 e. The van der Waals surface area contributed by atoms with Gasteiger partial charge in [-0.2, -0.15) is 13.9 Å². The first-order chi connectivity index (χ1) is 5.13. The lowest BCUT2D eigenvalue weighted by molar-refractivity contribution is 0.0519. The summed E-state index contributed by atoms with van der Waals surface area (Å²) in [5, 5.41) is 3.28. The Kier molecular flexibility index (Phi) is 1.98. The van der Waals surface area contributed by atoms with Crippen molar-refractivity contribution in [1.82, 2.24) is 9.78 Å². The fourth-order valence-corrected chi connectivity index (χ4v) is 0.749. The average molecular weight is 160 g/mol. The van der Waals surface area contributed by atoms with Crippen LogP contribution in [0.3, 0.4) is 0 Å². The summed E-state index contributed by atoms with van der Waals surface area (Å²) in [7, 11) is 0. The lowest BCUT2D eigenvalue weighted by atomic mass is 10.3. The van der Waals surface area contributed by atoms with E-state index in [0.29, 0.717) is 4.68 Å². The second-order valence-corrected chi connectivity index (χ2v) is 1.99. The molecule has 0 saturated carbocycles. The van der Waals surface area contributed by atoms with Crippen LogP contribution in [-0.2, 0) is 0 Å². The van der Waals surface area contributed by atoms with Crippen molar-refractivity contribution in [2.45, 2.75) is 13.5 Å². The van der Waals surface area contributed by atoms with Crippen LogP contribution in [0.25, 0.3) is 0 Å². The summed E-state index contributed by atoms with van der Waals surface area (Å²) in [6.45, 7) is -1.53. The maximum Gasteiger partial charge on any atom is 0.333 e. The lowest BCUT2D eigenvalue weighted by Gasteiger charge is -2.00. The second-order valence-electron chi connectivity index (χ2n) is 1.99. The summed E-state index contributed by atoms with van der Waals surface area (Å²) in [4.78, 5) is 10.6. The Morgan fingerprint density at radius 1 is 1.73 bits per heavy atom. The number of Topliss-reactive ketones (excluding diaryl/α,β-unsaturated/α-hetero) is 1. The summed E-state index contributed by atoms with van der Waals surface area (Å²) in [5.74, 6) is -0.414. The minimum Gasteiger partial charge on any atom is -0.293 e. The third kappa shape index (κ3) is 1.42. The van der Waals surface area contributed by atoms with Crippen LogP contribution < -0.4 is 0 Å². The van der Waals surface area contributed by atoms with Crippen LogP contribution in [0.15, 0.2) is 12.3 Å². The standard InChI is InChI=1S/C6H6F2N2O/c1-4(11)5-2-3-9-10(5)6(7)8/h2-3,6H,1H3. The van der Waals surface area contributed by atoms with E-state index in [-0.39, 0.29) is 5.69 Å². The highest BCUT2D eigenvalue weighted by atomic mass is 19.3. The molecule has 0 atom stereocenters. The number of halogens is 2. The van der Waals surface area contributed by atoms with Gasteiger partial charge >= 0.3 is 6.55 Å². The average Bonchev–Trinajstić information content (AvgIpc) is 2.32. The number of rotatable bonds is 2. The minimum atomic E-state index is -2.75. The van der Waals surface area contributed by atoms with Gasteiger partial charge in [0.25, 0.3) is 0 Å². The number of carbonyl (C=O) groups excluding carboxylic acids is 1. The van der Waals surface area contributed by atoms with E-state index in [4.69, 9.17) is 0 Å². The first-order valence-electron chi connectivity index (χ1n) is 2.95. The molecule has 1 aromatic heterocycles. The highest BCUT2D eigenvalue weighted by Crippen LogP contribution is 2.11. The fraction of sp³-hybridized carbons (Fsp3) is 0.333. The third-order valence-electron chi connectivity index (χ3n) is 1.22. The van der Waals surface area contributed by atoms with E-state index in [0.717, 1.165) is 0 Å². The smallest absolute Gasteiger partial charge is 0.293 e. The maximum atomic E-state index is 12.0. The number of ketones is 1. The number of nitrogens with zero attached hydrogens (tertiary/aromatic N) is 2. The molecule has 1 rings (SSSR count). The van der Waals surface area contributed by atoms with Crippen LogP contribution in [0.1, 0.15) is 24.0 Å². The molecule has 0 amide bonds. The molecule has 0 aliphatic carbocycles. The molecule has 1 heterocycles. The molecule has 0 saturated heterocycles. The highest BCUT2D eigenvalue weighted by Gasteiger charge is 2.13. The fourth-order valence-electron chi connectivity index (χ4n) is 0.749. The van der Waals surface area contributed by atoms with E-state index >= 15 is 0 Å². The monoisotopic (exact) mass is 160 g/mol. The van der Waals surface area contributed by atoms with Crippen molar-refractivity contribution >= 4 is 5.78 Å². The number of aromatic nitrogens is 2. The Hall–Kier alpha value is -1.26. The molecule has 5 heteroatoms. The Morgan fingerprint density at radius 3 is 2.73 bits per heavy atom. The quantitative estimate of drug-likeness (QED) is 0.614. The van der Waals surface area contributed by atoms with E-state index in [1.807, 2.05) is 0 Å². The van der Waals surface area contributed by atoms with Crippen molar-refractivity contribution in [3.05, 3.63) is 18.0 Å². The topological polar surface area (TPSA) is 34.9 Å². The van der Waals surface area contributed by atoms with Gasteiger partial charge < -0.3 is 0 Å². The summed E-state index contributed by atoms with van der Waals surface area (Å²) in [6.07, 6.45) is 1.17. The van der Waals surface area contributed by atoms with E-state index < -0.39 is 12.3 Å². The molecule has 0 N–H and O–H groups in total. The van der Waals surface area contributed by atoms with Crippen molar-refractivity contribution in [3.63, 3.8) is 0 Å². The molecule has 0 bridgehead atoms. The third-order valence-corrected chi connectivity index (χ3v) is 1.22. The van der Waals surface area contributed by atoms with Gasteiger partial charge in [-0.05, 0) is 6.07 Å². The maximum absolute atomic E-state index is 12.0. The van der Waals surface area contributed by atoms with Gasteiger partial charge in [-0.3, -0.25) is 4.79 Å². The van der Waals surface area contributed by atoms with Gasteiger partial charge in [-0.15, -0.1) is 0 Å². The SMILES string of the molecule is CC(=O)c1ccnn1C(F)F. The number of hydrogen-bond acceptors (Lipinski definition) is 2. The predicted molar refractivity (Wildman–Crippen MR) is 33.5 cm³/mol. The zero-order valence-electron chi connectivity index (χ0n) is 5.79. The van der Waals surface area contributed by atoms with Gasteiger partial charge in [0, 0.05) is 13.1 Å². The van der Waals surface area contributed by atoms with Crippen LogP contribution >= 0.6 is 0 Å². The molecule has 60 valence electrons. The molecule has 0 fully saturated rings. The van der Waals surface area contributed by atoms with E-state index in [2.05, 4.69) is 5.10 Å². The molecular weight excluding hydrogens is 154 g/mol. The molecule has 0 radical (unpaired) electrons. The normalized spacial score (nSPS) is 10.5. The number of carbonyl (C=O) groups is 1. The molecule has 0 aliphatic heterocycles. The van der Waals surface area contributed by atoms with Crippen molar-refractivity contribution in [3.8, 4) is 0 Å². The van der Waals surface area contributed by atoms with Crippen LogP contribution in [0.4, 0.5) is 8.78 Å². The summed E-state index contributed by atoms with van der Waals surface area (Å²) >= 11 is 0. The van der Waals surface area contributed by atoms with Gasteiger partial charge in [0.05, 0.1) is 0 Å². The summed E-state index contributed by atoms with van der Waals surface area (Å²) in [6, 6.07) is 1.26. The minimum absolute atomic E-state index is 0.0694. The molecule has 11 heavy (non-hydrogen) atoms. The van der Waals surface area contributed by atoms with Crippen LogP contribution in [0.5, 0.6) is 0 Å². The first kappa shape index (κ1) is 7.84. The Bertz CT molecular complexity index is 269. The molecule has 3 nitrogen and oxygen atoms in total. The van der Waals surface area contributed by atoms with E-state index in [9.17, 15) is 13.6 Å². The highest BCUT2D eigenvalue weighted by molar-refractivity contribution is 5.92. The lowest BCUT2D eigenvalue weighted by Crippen LogP contribution is -2.08. The Labute approximate surface area is 61.6 Å². The zero-order valence-corrected chi connectivity index (χ0v) is 5.79. The van der Waals surface area contributed by atoms with Gasteiger partial charge in [-0.25, -0.2) is 4.68 Å². The molecule has 1 aromatic rings. The van der Waals surface area contributed by atoms with E-state index in [1.165, 1.54) is 19.2 Å². The molecule has 0 aromatic carbocycles. The van der Waals surface area contributed by atoms with Crippen molar-refractivity contribution in [2.24, 2.45) is 0 Å². The van der Waals surface area contributed by atoms with Crippen LogP contribution in [0, 0.1) is 0 Å².